The molecule has 5 heteroatoms. The second kappa shape index (κ2) is 7.93. The van der Waals surface area contributed by atoms with Gasteiger partial charge in [-0.25, -0.2) is 0 Å². The van der Waals surface area contributed by atoms with Gasteiger partial charge in [-0.2, -0.15) is 0 Å². The molecule has 1 N–H and O–H groups in total. The van der Waals surface area contributed by atoms with Crippen LogP contribution in [0.25, 0.3) is 0 Å². The molecule has 1 aliphatic heterocycles. The van der Waals surface area contributed by atoms with E-state index in [0.717, 1.165) is 25.3 Å². The highest BCUT2D eigenvalue weighted by molar-refractivity contribution is 5.78. The summed E-state index contributed by atoms with van der Waals surface area (Å²) in [5.41, 5.74) is 2.50. The average molecular weight is 325 g/mol. The summed E-state index contributed by atoms with van der Waals surface area (Å²) in [7, 11) is 1.66. The number of hydrogen-bond acceptors (Lipinski definition) is 4. The molecule has 1 aromatic carbocycles. The van der Waals surface area contributed by atoms with Gasteiger partial charge in [0.05, 0.1) is 13.7 Å². The number of amides is 1. The van der Waals surface area contributed by atoms with Crippen LogP contribution in [0.2, 0.25) is 0 Å². The van der Waals surface area contributed by atoms with Crippen LogP contribution in [0.15, 0.2) is 48.8 Å². The van der Waals surface area contributed by atoms with E-state index in [4.69, 9.17) is 4.74 Å². The molecule has 0 atom stereocenters. The zero-order valence-electron chi connectivity index (χ0n) is 13.9. The van der Waals surface area contributed by atoms with E-state index in [-0.39, 0.29) is 5.91 Å². The van der Waals surface area contributed by atoms with E-state index in [2.05, 4.69) is 27.3 Å². The van der Waals surface area contributed by atoms with Crippen molar-refractivity contribution in [2.24, 2.45) is 0 Å². The fourth-order valence-electron chi connectivity index (χ4n) is 2.94. The summed E-state index contributed by atoms with van der Waals surface area (Å²) in [6, 6.07) is 12.0. The Labute approximate surface area is 142 Å². The lowest BCUT2D eigenvalue weighted by Gasteiger charge is -2.39. The molecule has 1 saturated heterocycles. The Balaban J connectivity index is 1.33. The number of rotatable bonds is 7. The number of likely N-dealkylation sites (tertiary alicyclic amines) is 1. The number of pyridine rings is 1. The number of benzene rings is 1. The molecule has 2 aromatic rings. The second-order valence-corrected chi connectivity index (χ2v) is 6.12. The number of carbonyl (C=O) groups is 1. The Hall–Kier alpha value is -2.40. The third-order valence-electron chi connectivity index (χ3n) is 4.40. The molecule has 0 saturated carbocycles. The topological polar surface area (TPSA) is 54.5 Å². The third kappa shape index (κ3) is 4.32. The highest BCUT2D eigenvalue weighted by Gasteiger charge is 2.28. The minimum Gasteiger partial charge on any atom is -0.497 e. The molecule has 0 unspecified atom stereocenters. The van der Waals surface area contributed by atoms with E-state index in [1.165, 1.54) is 11.1 Å². The maximum absolute atomic E-state index is 12.0. The van der Waals surface area contributed by atoms with Crippen LogP contribution in [0.1, 0.15) is 17.0 Å². The molecule has 126 valence electrons. The minimum atomic E-state index is 0.0942. The first-order valence-corrected chi connectivity index (χ1v) is 8.26. The zero-order valence-corrected chi connectivity index (χ0v) is 13.9. The molecule has 24 heavy (non-hydrogen) atoms. The fraction of sp³-hybridized carbons (Fsp3) is 0.368. The van der Waals surface area contributed by atoms with Crippen molar-refractivity contribution in [3.8, 4) is 5.75 Å². The number of hydrogen-bond donors (Lipinski definition) is 1. The summed E-state index contributed by atoms with van der Waals surface area (Å²) < 4.78 is 5.14. The van der Waals surface area contributed by atoms with E-state index >= 15 is 0 Å². The first-order chi connectivity index (χ1) is 11.7. The van der Waals surface area contributed by atoms with Gasteiger partial charge in [-0.1, -0.05) is 12.1 Å². The molecule has 5 nitrogen and oxygen atoms in total. The summed E-state index contributed by atoms with van der Waals surface area (Å²) in [5.74, 6) is 1.47. The smallest absolute Gasteiger partial charge is 0.234 e. The summed E-state index contributed by atoms with van der Waals surface area (Å²) in [6.07, 6.45) is 4.48. The van der Waals surface area contributed by atoms with Crippen LogP contribution >= 0.6 is 0 Å². The number of aromatic nitrogens is 1. The van der Waals surface area contributed by atoms with Crippen LogP contribution in [-0.4, -0.2) is 49.1 Å². The molecule has 0 radical (unpaired) electrons. The van der Waals surface area contributed by atoms with E-state index in [1.807, 2.05) is 36.7 Å². The minimum absolute atomic E-state index is 0.0942. The Kier molecular flexibility index (Phi) is 5.43. The number of methoxy groups -OCH3 is 1. The van der Waals surface area contributed by atoms with Crippen LogP contribution in [0.3, 0.4) is 0 Å². The van der Waals surface area contributed by atoms with E-state index < -0.39 is 0 Å². The van der Waals surface area contributed by atoms with Gasteiger partial charge in [0.2, 0.25) is 5.91 Å². The fourth-order valence-corrected chi connectivity index (χ4v) is 2.94. The first-order valence-electron chi connectivity index (χ1n) is 8.26. The lowest BCUT2D eigenvalue weighted by molar-refractivity contribution is -0.123. The SMILES string of the molecule is COc1ccc(CCNC(=O)CN2CC(c3ccncc3)C2)cc1. The number of nitrogens with zero attached hydrogens (tertiary/aromatic N) is 2. The Bertz CT molecular complexity index is 652. The van der Waals surface area contributed by atoms with Crippen molar-refractivity contribution in [3.63, 3.8) is 0 Å². The predicted octanol–water partition coefficient (Wildman–Crippen LogP) is 1.85. The van der Waals surface area contributed by atoms with Gasteiger partial charge in [0.1, 0.15) is 5.75 Å². The Morgan fingerprint density at radius 1 is 1.21 bits per heavy atom. The monoisotopic (exact) mass is 325 g/mol. The average Bonchev–Trinajstić information content (AvgIpc) is 2.59. The van der Waals surface area contributed by atoms with Crippen molar-refractivity contribution < 1.29 is 9.53 Å². The van der Waals surface area contributed by atoms with E-state index in [1.54, 1.807) is 7.11 Å². The normalized spacial score (nSPS) is 14.9. The molecule has 3 rings (SSSR count). The largest absolute Gasteiger partial charge is 0.497 e. The molecule has 2 heterocycles. The van der Waals surface area contributed by atoms with Gasteiger partial charge >= 0.3 is 0 Å². The number of carbonyl (C=O) groups excluding carboxylic acids is 1. The summed E-state index contributed by atoms with van der Waals surface area (Å²) in [6.45, 7) is 3.02. The molecule has 1 aliphatic rings. The second-order valence-electron chi connectivity index (χ2n) is 6.12. The Morgan fingerprint density at radius 3 is 2.58 bits per heavy atom. The molecule has 0 aliphatic carbocycles. The lowest BCUT2D eigenvalue weighted by Crippen LogP contribution is -2.49. The van der Waals surface area contributed by atoms with Crippen LogP contribution in [0, 0.1) is 0 Å². The van der Waals surface area contributed by atoms with Gasteiger partial charge in [-0.05, 0) is 41.8 Å². The summed E-state index contributed by atoms with van der Waals surface area (Å²) >= 11 is 0. The Morgan fingerprint density at radius 2 is 1.92 bits per heavy atom. The van der Waals surface area contributed by atoms with Crippen LogP contribution in [0.5, 0.6) is 5.75 Å². The van der Waals surface area contributed by atoms with Crippen LogP contribution in [0.4, 0.5) is 0 Å². The van der Waals surface area contributed by atoms with Gasteiger partial charge in [0.25, 0.3) is 0 Å². The molecular weight excluding hydrogens is 302 g/mol. The third-order valence-corrected chi connectivity index (χ3v) is 4.40. The zero-order chi connectivity index (χ0) is 16.8. The highest BCUT2D eigenvalue weighted by atomic mass is 16.5. The quantitative estimate of drug-likeness (QED) is 0.844. The van der Waals surface area contributed by atoms with Gasteiger partial charge in [-0.15, -0.1) is 0 Å². The van der Waals surface area contributed by atoms with Crippen molar-refractivity contribution in [1.29, 1.82) is 0 Å². The van der Waals surface area contributed by atoms with Gasteiger partial charge < -0.3 is 10.1 Å². The standard InChI is InChI=1S/C19H23N3O2/c1-24-18-4-2-15(3-5-18)6-11-21-19(23)14-22-12-17(13-22)16-7-9-20-10-8-16/h2-5,7-10,17H,6,11-14H2,1H3,(H,21,23). The molecule has 1 aromatic heterocycles. The lowest BCUT2D eigenvalue weighted by atomic mass is 9.92. The van der Waals surface area contributed by atoms with Crippen molar-refractivity contribution >= 4 is 5.91 Å². The van der Waals surface area contributed by atoms with Gasteiger partial charge in [-0.3, -0.25) is 14.7 Å². The molecule has 0 bridgehead atoms. The van der Waals surface area contributed by atoms with E-state index in [0.29, 0.717) is 19.0 Å². The van der Waals surface area contributed by atoms with Gasteiger partial charge in [0, 0.05) is 37.9 Å². The summed E-state index contributed by atoms with van der Waals surface area (Å²) in [5, 5.41) is 2.99. The van der Waals surface area contributed by atoms with Crippen molar-refractivity contribution in [2.75, 3.05) is 33.3 Å². The summed E-state index contributed by atoms with van der Waals surface area (Å²) in [4.78, 5) is 18.2. The van der Waals surface area contributed by atoms with Gasteiger partial charge in [0.15, 0.2) is 0 Å². The highest BCUT2D eigenvalue weighted by Crippen LogP contribution is 2.25. The van der Waals surface area contributed by atoms with Crippen LogP contribution < -0.4 is 10.1 Å². The molecule has 0 spiro atoms. The number of nitrogens with one attached hydrogen (secondary N) is 1. The van der Waals surface area contributed by atoms with Crippen LogP contribution in [-0.2, 0) is 11.2 Å². The maximum Gasteiger partial charge on any atom is 0.234 e. The van der Waals surface area contributed by atoms with E-state index in [9.17, 15) is 4.79 Å². The van der Waals surface area contributed by atoms with Crippen molar-refractivity contribution in [2.45, 2.75) is 12.3 Å². The predicted molar refractivity (Wildman–Crippen MR) is 93.1 cm³/mol. The number of ether oxygens (including phenoxy) is 1. The molecule has 1 fully saturated rings. The maximum atomic E-state index is 12.0. The first kappa shape index (κ1) is 16.5. The van der Waals surface area contributed by atoms with Crippen molar-refractivity contribution in [3.05, 3.63) is 59.9 Å². The van der Waals surface area contributed by atoms with Crippen molar-refractivity contribution in [1.82, 2.24) is 15.2 Å². The molecular formula is C19H23N3O2. The molecule has 1 amide bonds.